The molecular weight excluding hydrogens is 322 g/mol. The molecule has 0 spiro atoms. The number of alkyl halides is 1. The second kappa shape index (κ2) is 6.98. The van der Waals surface area contributed by atoms with Gasteiger partial charge >= 0.3 is 0 Å². The Kier molecular flexibility index (Phi) is 5.30. The van der Waals surface area contributed by atoms with E-state index >= 15 is 0 Å². The molecule has 20 heavy (non-hydrogen) atoms. The van der Waals surface area contributed by atoms with E-state index in [1.807, 2.05) is 0 Å². The molecule has 0 aliphatic carbocycles. The molecule has 0 N–H and O–H groups in total. The minimum Gasteiger partial charge on any atom is -0.204 e. The summed E-state index contributed by atoms with van der Waals surface area (Å²) in [5, 5.41) is 0. The fourth-order valence-corrected chi connectivity index (χ4v) is 2.70. The number of aryl methyl sites for hydroxylation is 2. The Bertz CT molecular complexity index is 564. The maximum Gasteiger partial charge on any atom is 0.162 e. The molecule has 0 bridgehead atoms. The largest absolute Gasteiger partial charge is 0.204 e. The summed E-state index contributed by atoms with van der Waals surface area (Å²) in [6, 6.07) is 12.7. The minimum atomic E-state index is -0.777. The molecule has 2 aromatic carbocycles. The lowest BCUT2D eigenvalue weighted by molar-refractivity contribution is 0.497. The average molecular weight is 339 g/mol. The molecule has 0 nitrogen and oxygen atoms in total. The summed E-state index contributed by atoms with van der Waals surface area (Å²) in [6.07, 6.45) is 2.31. The predicted molar refractivity (Wildman–Crippen MR) is 82.3 cm³/mol. The van der Waals surface area contributed by atoms with Gasteiger partial charge in [-0.15, -0.1) is 0 Å². The van der Waals surface area contributed by atoms with E-state index in [1.54, 1.807) is 12.1 Å². The smallest absolute Gasteiger partial charge is 0.162 e. The molecular formula is C17H17BrF2. The van der Waals surface area contributed by atoms with Crippen LogP contribution < -0.4 is 0 Å². The molecule has 0 aliphatic rings. The first-order valence-corrected chi connectivity index (χ1v) is 7.60. The fourth-order valence-electron chi connectivity index (χ4n) is 2.12. The van der Waals surface area contributed by atoms with Gasteiger partial charge in [-0.1, -0.05) is 57.9 Å². The van der Waals surface area contributed by atoms with E-state index in [0.29, 0.717) is 12.0 Å². The van der Waals surface area contributed by atoms with Crippen LogP contribution in [0.1, 0.15) is 23.1 Å². The van der Waals surface area contributed by atoms with Crippen molar-refractivity contribution in [1.82, 2.24) is 0 Å². The Morgan fingerprint density at radius 3 is 2.45 bits per heavy atom. The first-order valence-electron chi connectivity index (χ1n) is 6.69. The van der Waals surface area contributed by atoms with Crippen molar-refractivity contribution in [2.24, 2.45) is 0 Å². The highest BCUT2D eigenvalue weighted by Crippen LogP contribution is 2.20. The van der Waals surface area contributed by atoms with Crippen LogP contribution in [-0.2, 0) is 12.8 Å². The summed E-state index contributed by atoms with van der Waals surface area (Å²) in [5.41, 5.74) is 2.93. The quantitative estimate of drug-likeness (QED) is 0.656. The SMILES string of the molecule is Cc1ccc(CCC(Br)Cc2cccc(F)c2F)cc1. The summed E-state index contributed by atoms with van der Waals surface area (Å²) in [6.45, 7) is 2.06. The van der Waals surface area contributed by atoms with Crippen molar-refractivity contribution in [3.8, 4) is 0 Å². The standard InChI is InChI=1S/C17H17BrF2/c1-12-5-7-13(8-6-12)9-10-15(18)11-14-3-2-4-16(19)17(14)20/h2-8,15H,9-11H2,1H3. The zero-order valence-electron chi connectivity index (χ0n) is 11.4. The Morgan fingerprint density at radius 1 is 1.05 bits per heavy atom. The number of hydrogen-bond donors (Lipinski definition) is 0. The lowest BCUT2D eigenvalue weighted by atomic mass is 10.0. The summed E-state index contributed by atoms with van der Waals surface area (Å²) >= 11 is 3.56. The maximum absolute atomic E-state index is 13.6. The van der Waals surface area contributed by atoms with Gasteiger partial charge in [-0.25, -0.2) is 8.78 Å². The lowest BCUT2D eigenvalue weighted by Crippen LogP contribution is -2.07. The van der Waals surface area contributed by atoms with Gasteiger partial charge in [-0.2, -0.15) is 0 Å². The van der Waals surface area contributed by atoms with Crippen LogP contribution in [0.5, 0.6) is 0 Å². The normalized spacial score (nSPS) is 12.4. The van der Waals surface area contributed by atoms with Crippen molar-refractivity contribution in [3.05, 3.63) is 70.8 Å². The van der Waals surface area contributed by atoms with Crippen molar-refractivity contribution >= 4 is 15.9 Å². The van der Waals surface area contributed by atoms with Crippen molar-refractivity contribution in [2.45, 2.75) is 31.0 Å². The number of halogens is 3. The number of hydrogen-bond acceptors (Lipinski definition) is 0. The monoisotopic (exact) mass is 338 g/mol. The van der Waals surface area contributed by atoms with Crippen molar-refractivity contribution in [2.75, 3.05) is 0 Å². The molecule has 0 amide bonds. The Morgan fingerprint density at radius 2 is 1.75 bits per heavy atom. The molecule has 0 aliphatic heterocycles. The van der Waals surface area contributed by atoms with E-state index in [-0.39, 0.29) is 4.83 Å². The molecule has 0 saturated carbocycles. The summed E-state index contributed by atoms with van der Waals surface area (Å²) in [5.74, 6) is -1.51. The molecule has 1 atom stereocenters. The molecule has 1 unspecified atom stereocenters. The third kappa shape index (κ3) is 4.14. The average Bonchev–Trinajstić information content (AvgIpc) is 2.43. The first-order chi connectivity index (χ1) is 9.56. The molecule has 2 aromatic rings. The van der Waals surface area contributed by atoms with Gasteiger partial charge in [-0.3, -0.25) is 0 Å². The van der Waals surface area contributed by atoms with Gasteiger partial charge in [0, 0.05) is 4.83 Å². The van der Waals surface area contributed by atoms with E-state index in [9.17, 15) is 8.78 Å². The van der Waals surface area contributed by atoms with Crippen molar-refractivity contribution in [3.63, 3.8) is 0 Å². The zero-order valence-corrected chi connectivity index (χ0v) is 13.0. The van der Waals surface area contributed by atoms with Gasteiger partial charge in [0.2, 0.25) is 0 Å². The third-order valence-corrected chi connectivity index (χ3v) is 4.12. The molecule has 0 radical (unpaired) electrons. The molecule has 0 fully saturated rings. The Labute approximate surface area is 127 Å². The van der Waals surface area contributed by atoms with Crippen LogP contribution in [0.3, 0.4) is 0 Å². The van der Waals surface area contributed by atoms with Gasteiger partial charge in [-0.05, 0) is 43.4 Å². The van der Waals surface area contributed by atoms with Crippen LogP contribution in [0.25, 0.3) is 0 Å². The molecule has 0 aromatic heterocycles. The van der Waals surface area contributed by atoms with Gasteiger partial charge in [0.1, 0.15) is 0 Å². The summed E-state index contributed by atoms with van der Waals surface area (Å²) in [4.78, 5) is 0.139. The first kappa shape index (κ1) is 15.2. The zero-order chi connectivity index (χ0) is 14.5. The second-order valence-electron chi connectivity index (χ2n) is 5.04. The lowest BCUT2D eigenvalue weighted by Gasteiger charge is -2.11. The fraction of sp³-hybridized carbons (Fsp3) is 0.294. The van der Waals surface area contributed by atoms with Crippen LogP contribution >= 0.6 is 15.9 Å². The highest BCUT2D eigenvalue weighted by molar-refractivity contribution is 9.09. The van der Waals surface area contributed by atoms with E-state index in [1.165, 1.54) is 11.1 Å². The van der Waals surface area contributed by atoms with Crippen LogP contribution in [0.4, 0.5) is 8.78 Å². The third-order valence-electron chi connectivity index (χ3n) is 3.34. The highest BCUT2D eigenvalue weighted by atomic mass is 79.9. The molecule has 2 rings (SSSR count). The summed E-state index contributed by atoms with van der Waals surface area (Å²) < 4.78 is 26.7. The van der Waals surface area contributed by atoms with Crippen LogP contribution in [0.15, 0.2) is 42.5 Å². The van der Waals surface area contributed by atoms with E-state index in [0.717, 1.165) is 18.9 Å². The second-order valence-corrected chi connectivity index (χ2v) is 6.33. The predicted octanol–water partition coefficient (Wildman–Crippen LogP) is 5.21. The summed E-state index contributed by atoms with van der Waals surface area (Å²) in [7, 11) is 0. The van der Waals surface area contributed by atoms with E-state index in [2.05, 4.69) is 47.1 Å². The van der Waals surface area contributed by atoms with Crippen LogP contribution in [0.2, 0.25) is 0 Å². The van der Waals surface area contributed by atoms with E-state index in [4.69, 9.17) is 0 Å². The van der Waals surface area contributed by atoms with Gasteiger partial charge < -0.3 is 0 Å². The van der Waals surface area contributed by atoms with Gasteiger partial charge in [0.05, 0.1) is 0 Å². The Balaban J connectivity index is 1.91. The molecule has 0 saturated heterocycles. The highest BCUT2D eigenvalue weighted by Gasteiger charge is 2.12. The molecule has 0 heterocycles. The molecule has 106 valence electrons. The van der Waals surface area contributed by atoms with Crippen LogP contribution in [0, 0.1) is 18.6 Å². The van der Waals surface area contributed by atoms with Crippen LogP contribution in [-0.4, -0.2) is 4.83 Å². The Hall–Kier alpha value is -1.22. The minimum absolute atomic E-state index is 0.139. The maximum atomic E-state index is 13.6. The number of rotatable bonds is 5. The number of benzene rings is 2. The molecule has 3 heteroatoms. The van der Waals surface area contributed by atoms with Crippen molar-refractivity contribution < 1.29 is 8.78 Å². The van der Waals surface area contributed by atoms with Gasteiger partial charge in [0.15, 0.2) is 11.6 Å². The van der Waals surface area contributed by atoms with E-state index < -0.39 is 11.6 Å². The topological polar surface area (TPSA) is 0 Å². The van der Waals surface area contributed by atoms with Crippen molar-refractivity contribution in [1.29, 1.82) is 0 Å². The van der Waals surface area contributed by atoms with Gasteiger partial charge in [0.25, 0.3) is 0 Å².